The number of hydrogen-bond acceptors (Lipinski definition) is 5. The maximum absolute atomic E-state index is 12.7. The molecule has 2 aromatic carbocycles. The Morgan fingerprint density at radius 2 is 1.68 bits per heavy atom. The first-order valence-corrected chi connectivity index (χ1v) is 7.64. The summed E-state index contributed by atoms with van der Waals surface area (Å²) in [6, 6.07) is 18.1. The molecule has 7 nitrogen and oxygen atoms in total. The first kappa shape index (κ1) is 16.4. The number of hydrogen-bond donors (Lipinski definition) is 1. The predicted molar refractivity (Wildman–Crippen MR) is 92.5 cm³/mol. The van der Waals surface area contributed by atoms with Crippen molar-refractivity contribution < 1.29 is 9.53 Å². The van der Waals surface area contributed by atoms with Crippen molar-refractivity contribution in [3.8, 4) is 5.69 Å². The van der Waals surface area contributed by atoms with Gasteiger partial charge in [-0.3, -0.25) is 14.7 Å². The van der Waals surface area contributed by atoms with Crippen molar-refractivity contribution in [1.82, 2.24) is 9.78 Å². The Balaban J connectivity index is 2.02. The number of para-hydroxylation sites is 1. The Morgan fingerprint density at radius 3 is 2.32 bits per heavy atom. The van der Waals surface area contributed by atoms with Crippen LogP contribution >= 0.6 is 0 Å². The van der Waals surface area contributed by atoms with E-state index in [4.69, 9.17) is 4.74 Å². The number of rotatable bonds is 5. The second kappa shape index (κ2) is 7.39. The number of nitrogens with one attached hydrogen (secondary N) is 1. The molecule has 0 radical (unpaired) electrons. The van der Waals surface area contributed by atoms with Gasteiger partial charge in [-0.25, -0.2) is 4.68 Å². The molecule has 0 aliphatic carbocycles. The highest BCUT2D eigenvalue weighted by Crippen LogP contribution is 2.20. The van der Waals surface area contributed by atoms with Crippen LogP contribution < -0.4 is 5.56 Å². The first-order chi connectivity index (χ1) is 12.1. The molecule has 0 spiro atoms. The number of aromatic nitrogens is 2. The van der Waals surface area contributed by atoms with Gasteiger partial charge in [-0.2, -0.15) is 5.11 Å². The Kier molecular flexibility index (Phi) is 4.84. The molecule has 1 heterocycles. The van der Waals surface area contributed by atoms with Gasteiger partial charge in [0.15, 0.2) is 5.69 Å². The number of aromatic amines is 1. The van der Waals surface area contributed by atoms with Crippen LogP contribution in [0.25, 0.3) is 5.69 Å². The quantitative estimate of drug-likeness (QED) is 0.570. The van der Waals surface area contributed by atoms with Crippen molar-refractivity contribution in [2.75, 3.05) is 0 Å². The fourth-order valence-corrected chi connectivity index (χ4v) is 2.21. The molecule has 25 heavy (non-hydrogen) atoms. The van der Waals surface area contributed by atoms with Gasteiger partial charge in [0.1, 0.15) is 12.3 Å². The molecule has 0 bridgehead atoms. The van der Waals surface area contributed by atoms with Crippen LogP contribution in [0.2, 0.25) is 0 Å². The summed E-state index contributed by atoms with van der Waals surface area (Å²) in [7, 11) is 0. The third-order valence-electron chi connectivity index (χ3n) is 3.39. The lowest BCUT2D eigenvalue weighted by molar-refractivity contribution is -0.142. The maximum atomic E-state index is 12.7. The highest BCUT2D eigenvalue weighted by Gasteiger charge is 2.16. The number of esters is 1. The van der Waals surface area contributed by atoms with Crippen molar-refractivity contribution >= 4 is 17.3 Å². The zero-order valence-corrected chi connectivity index (χ0v) is 13.5. The van der Waals surface area contributed by atoms with E-state index in [1.54, 1.807) is 24.3 Å². The topological polar surface area (TPSA) is 88.8 Å². The largest absolute Gasteiger partial charge is 0.459 e. The van der Waals surface area contributed by atoms with Gasteiger partial charge in [0.2, 0.25) is 0 Å². The Morgan fingerprint density at radius 1 is 1.04 bits per heavy atom. The van der Waals surface area contributed by atoms with E-state index in [-0.39, 0.29) is 17.9 Å². The number of nitrogens with zero attached hydrogens (tertiary/aromatic N) is 3. The van der Waals surface area contributed by atoms with E-state index in [0.29, 0.717) is 17.1 Å². The maximum Gasteiger partial charge on any atom is 0.303 e. The van der Waals surface area contributed by atoms with Gasteiger partial charge in [0.05, 0.1) is 11.4 Å². The second-order valence-electron chi connectivity index (χ2n) is 5.23. The van der Waals surface area contributed by atoms with Crippen LogP contribution in [0.3, 0.4) is 0 Å². The van der Waals surface area contributed by atoms with Crippen LogP contribution in [0, 0.1) is 0 Å². The van der Waals surface area contributed by atoms with E-state index in [1.807, 2.05) is 36.4 Å². The standard InChI is InChI=1S/C18H16N4O3/c1-13(23)25-12-16-17(20-19-14-8-4-2-5-9-14)18(24)22(21-16)15-10-6-3-7-11-15/h2-11,21H,12H2,1H3. The van der Waals surface area contributed by atoms with Crippen LogP contribution in [0.15, 0.2) is 75.7 Å². The molecule has 126 valence electrons. The van der Waals surface area contributed by atoms with Crippen molar-refractivity contribution in [1.29, 1.82) is 0 Å². The summed E-state index contributed by atoms with van der Waals surface area (Å²) >= 11 is 0. The SMILES string of the molecule is CC(=O)OCc1[nH]n(-c2ccccc2)c(=O)c1N=Nc1ccccc1. The average Bonchev–Trinajstić information content (AvgIpc) is 2.95. The highest BCUT2D eigenvalue weighted by molar-refractivity contribution is 5.66. The normalized spacial score (nSPS) is 10.9. The molecule has 0 atom stereocenters. The smallest absolute Gasteiger partial charge is 0.303 e. The number of benzene rings is 2. The minimum atomic E-state index is -0.445. The van der Waals surface area contributed by atoms with Crippen LogP contribution in [0.1, 0.15) is 12.6 Å². The molecule has 0 fully saturated rings. The van der Waals surface area contributed by atoms with E-state index in [0.717, 1.165) is 0 Å². The third kappa shape index (κ3) is 3.89. The fourth-order valence-electron chi connectivity index (χ4n) is 2.21. The highest BCUT2D eigenvalue weighted by atomic mass is 16.5. The van der Waals surface area contributed by atoms with Crippen LogP contribution in [0.4, 0.5) is 11.4 Å². The van der Waals surface area contributed by atoms with Crippen molar-refractivity contribution in [2.24, 2.45) is 10.2 Å². The summed E-state index contributed by atoms with van der Waals surface area (Å²) < 4.78 is 6.35. The van der Waals surface area contributed by atoms with Gasteiger partial charge in [-0.1, -0.05) is 36.4 Å². The monoisotopic (exact) mass is 336 g/mol. The zero-order chi connectivity index (χ0) is 17.6. The lowest BCUT2D eigenvalue weighted by atomic mass is 10.3. The summed E-state index contributed by atoms with van der Waals surface area (Å²) in [6.45, 7) is 1.21. The van der Waals surface area contributed by atoms with E-state index < -0.39 is 5.97 Å². The Hall–Kier alpha value is -3.48. The molecule has 1 N–H and O–H groups in total. The minimum absolute atomic E-state index is 0.0897. The number of carbonyl (C=O) groups excluding carboxylic acids is 1. The molecule has 0 aliphatic heterocycles. The summed E-state index contributed by atoms with van der Waals surface area (Å²) in [4.78, 5) is 23.8. The molecule has 3 aromatic rings. The van der Waals surface area contributed by atoms with E-state index in [1.165, 1.54) is 11.6 Å². The summed E-state index contributed by atoms with van der Waals surface area (Å²) in [5.41, 5.74) is 1.39. The van der Waals surface area contributed by atoms with Gasteiger partial charge < -0.3 is 4.74 Å². The van der Waals surface area contributed by atoms with E-state index in [2.05, 4.69) is 15.3 Å². The lowest BCUT2D eigenvalue weighted by Crippen LogP contribution is -2.13. The number of ether oxygens (including phenoxy) is 1. The van der Waals surface area contributed by atoms with Gasteiger partial charge in [-0.05, 0) is 24.3 Å². The van der Waals surface area contributed by atoms with E-state index in [9.17, 15) is 9.59 Å². The van der Waals surface area contributed by atoms with Gasteiger partial charge in [0, 0.05) is 6.92 Å². The Labute approximate surface area is 143 Å². The van der Waals surface area contributed by atoms with Crippen molar-refractivity contribution in [3.05, 3.63) is 76.7 Å². The molecule has 0 unspecified atom stereocenters. The minimum Gasteiger partial charge on any atom is -0.459 e. The number of carbonyl (C=O) groups is 1. The number of azo groups is 1. The van der Waals surface area contributed by atoms with E-state index >= 15 is 0 Å². The predicted octanol–water partition coefficient (Wildman–Crippen LogP) is 3.64. The fraction of sp³-hybridized carbons (Fsp3) is 0.111. The van der Waals surface area contributed by atoms with Crippen molar-refractivity contribution in [3.63, 3.8) is 0 Å². The molecule has 0 saturated carbocycles. The van der Waals surface area contributed by atoms with Crippen LogP contribution in [-0.2, 0) is 16.1 Å². The third-order valence-corrected chi connectivity index (χ3v) is 3.39. The van der Waals surface area contributed by atoms with Crippen LogP contribution in [0.5, 0.6) is 0 Å². The second-order valence-corrected chi connectivity index (χ2v) is 5.23. The van der Waals surface area contributed by atoms with Gasteiger partial charge in [0.25, 0.3) is 5.56 Å². The summed E-state index contributed by atoms with van der Waals surface area (Å²) in [5.74, 6) is -0.445. The molecule has 0 saturated heterocycles. The van der Waals surface area contributed by atoms with Crippen molar-refractivity contribution in [2.45, 2.75) is 13.5 Å². The molecule has 0 aliphatic rings. The first-order valence-electron chi connectivity index (χ1n) is 7.64. The molecular weight excluding hydrogens is 320 g/mol. The molecular formula is C18H16N4O3. The van der Waals surface area contributed by atoms with Gasteiger partial charge >= 0.3 is 5.97 Å². The average molecular weight is 336 g/mol. The number of H-pyrrole nitrogens is 1. The molecule has 7 heteroatoms. The lowest BCUT2D eigenvalue weighted by Gasteiger charge is -2.01. The van der Waals surface area contributed by atoms with Crippen LogP contribution in [-0.4, -0.2) is 15.7 Å². The Bertz CT molecular complexity index is 943. The van der Waals surface area contributed by atoms with Gasteiger partial charge in [-0.15, -0.1) is 5.11 Å². The summed E-state index contributed by atoms with van der Waals surface area (Å²) in [5, 5.41) is 11.1. The molecule has 3 rings (SSSR count). The zero-order valence-electron chi connectivity index (χ0n) is 13.5. The molecule has 1 aromatic heterocycles. The molecule has 0 amide bonds. The summed E-state index contributed by atoms with van der Waals surface area (Å²) in [6.07, 6.45) is 0.